The zero-order valence-corrected chi connectivity index (χ0v) is 14.0. The summed E-state index contributed by atoms with van der Waals surface area (Å²) >= 11 is 2.92. The zero-order chi connectivity index (χ0) is 16.1. The molecular weight excluding hydrogens is 348 g/mol. The van der Waals surface area contributed by atoms with Crippen LogP contribution in [0.25, 0.3) is 0 Å². The first-order valence-corrected chi connectivity index (χ1v) is 10.7. The Morgan fingerprint density at radius 1 is 1.50 bits per heavy atom. The second-order valence-electron chi connectivity index (χ2n) is 5.53. The van der Waals surface area contributed by atoms with Crippen LogP contribution < -0.4 is 5.73 Å². The van der Waals surface area contributed by atoms with Gasteiger partial charge in [-0.1, -0.05) is 0 Å². The van der Waals surface area contributed by atoms with E-state index >= 15 is 0 Å². The molecule has 2 saturated heterocycles. The fraction of sp³-hybridized carbons (Fsp3) is 0.667. The molecule has 10 heteroatoms. The highest BCUT2D eigenvalue weighted by molar-refractivity contribution is 8.02. The standard InChI is InChI=1S/C12H16N2O5S3/c13-8-10(15)14-9(12(16)17)6(4-21-11(8)14)3-20-7-1-2-22(18,19)5-7/h7-8,11H,1-5,13H2,(H,16,17)/t7?,8?,11-/m0/s1. The second kappa shape index (κ2) is 5.73. The van der Waals surface area contributed by atoms with E-state index in [1.54, 1.807) is 0 Å². The molecule has 2 fully saturated rings. The average Bonchev–Trinajstić information content (AvgIpc) is 2.82. The lowest BCUT2D eigenvalue weighted by Crippen LogP contribution is -2.68. The number of carboxylic acids is 1. The quantitative estimate of drug-likeness (QED) is 0.640. The van der Waals surface area contributed by atoms with Crippen molar-refractivity contribution in [2.75, 3.05) is 23.0 Å². The molecule has 0 bridgehead atoms. The van der Waals surface area contributed by atoms with Crippen LogP contribution in [0.2, 0.25) is 0 Å². The Hall–Kier alpha value is -0.710. The molecule has 3 heterocycles. The van der Waals surface area contributed by atoms with E-state index in [0.717, 1.165) is 0 Å². The van der Waals surface area contributed by atoms with Crippen LogP contribution in [-0.4, -0.2) is 70.0 Å². The molecule has 0 radical (unpaired) electrons. The van der Waals surface area contributed by atoms with Crippen molar-refractivity contribution in [3.8, 4) is 0 Å². The number of carbonyl (C=O) groups excluding carboxylic acids is 1. The number of nitrogens with two attached hydrogens (primary N) is 1. The third kappa shape index (κ3) is 2.77. The van der Waals surface area contributed by atoms with Gasteiger partial charge in [-0.15, -0.1) is 11.8 Å². The Balaban J connectivity index is 1.73. The summed E-state index contributed by atoms with van der Waals surface area (Å²) in [6, 6.07) is -0.631. The molecule has 3 aliphatic heterocycles. The van der Waals surface area contributed by atoms with Gasteiger partial charge in [-0.3, -0.25) is 9.69 Å². The van der Waals surface area contributed by atoms with E-state index in [1.165, 1.54) is 28.4 Å². The summed E-state index contributed by atoms with van der Waals surface area (Å²) < 4.78 is 22.9. The van der Waals surface area contributed by atoms with Crippen LogP contribution in [-0.2, 0) is 19.4 Å². The van der Waals surface area contributed by atoms with Crippen LogP contribution in [0.4, 0.5) is 0 Å². The molecule has 0 aromatic rings. The number of sulfone groups is 1. The maximum Gasteiger partial charge on any atom is 0.352 e. The first kappa shape index (κ1) is 16.2. The number of fused-ring (bicyclic) bond motifs is 1. The minimum Gasteiger partial charge on any atom is -0.477 e. The van der Waals surface area contributed by atoms with Gasteiger partial charge in [0.2, 0.25) is 5.91 Å². The van der Waals surface area contributed by atoms with E-state index in [2.05, 4.69) is 0 Å². The molecule has 0 aliphatic carbocycles. The van der Waals surface area contributed by atoms with Gasteiger partial charge in [0.05, 0.1) is 11.5 Å². The number of hydrogen-bond acceptors (Lipinski definition) is 7. The lowest BCUT2D eigenvalue weighted by Gasteiger charge is -2.48. The molecular formula is C12H16N2O5S3. The SMILES string of the molecule is NC1C(=O)N2C(C(=O)O)=C(CSC3CCS(=O)(=O)C3)CS[C@@H]12. The van der Waals surface area contributed by atoms with E-state index in [1.807, 2.05) is 0 Å². The van der Waals surface area contributed by atoms with Crippen LogP contribution in [0.15, 0.2) is 11.3 Å². The summed E-state index contributed by atoms with van der Waals surface area (Å²) in [5.41, 5.74) is 6.39. The topological polar surface area (TPSA) is 118 Å². The van der Waals surface area contributed by atoms with Gasteiger partial charge in [0.1, 0.15) is 17.1 Å². The number of amides is 1. The Labute approximate surface area is 136 Å². The lowest BCUT2D eigenvalue weighted by atomic mass is 10.0. The molecule has 0 spiro atoms. The Morgan fingerprint density at radius 2 is 2.23 bits per heavy atom. The van der Waals surface area contributed by atoms with Crippen molar-refractivity contribution in [3.63, 3.8) is 0 Å². The molecule has 7 nitrogen and oxygen atoms in total. The first-order valence-electron chi connectivity index (χ1n) is 6.78. The van der Waals surface area contributed by atoms with Gasteiger partial charge in [-0.2, -0.15) is 11.8 Å². The number of aliphatic carboxylic acids is 1. The van der Waals surface area contributed by atoms with Crippen molar-refractivity contribution in [1.29, 1.82) is 0 Å². The molecule has 0 aromatic heterocycles. The van der Waals surface area contributed by atoms with Gasteiger partial charge in [0.15, 0.2) is 9.84 Å². The Bertz CT molecular complexity index is 660. The molecule has 2 unspecified atom stereocenters. The number of nitrogens with zero attached hydrogens (tertiary/aromatic N) is 1. The molecule has 1 amide bonds. The van der Waals surface area contributed by atoms with Crippen LogP contribution in [0.3, 0.4) is 0 Å². The molecule has 0 saturated carbocycles. The van der Waals surface area contributed by atoms with Crippen LogP contribution in [0, 0.1) is 0 Å². The molecule has 3 aliphatic rings. The number of thioether (sulfide) groups is 2. The highest BCUT2D eigenvalue weighted by Crippen LogP contribution is 2.40. The number of rotatable bonds is 4. The summed E-state index contributed by atoms with van der Waals surface area (Å²) in [7, 11) is -2.94. The van der Waals surface area contributed by atoms with Gasteiger partial charge in [0, 0.05) is 16.8 Å². The van der Waals surface area contributed by atoms with E-state index < -0.39 is 21.8 Å². The maximum atomic E-state index is 11.8. The van der Waals surface area contributed by atoms with Gasteiger partial charge >= 0.3 is 5.97 Å². The summed E-state index contributed by atoms with van der Waals surface area (Å²) in [6.45, 7) is 0. The molecule has 3 atom stereocenters. The van der Waals surface area contributed by atoms with Crippen molar-refractivity contribution in [3.05, 3.63) is 11.3 Å². The number of hydrogen-bond donors (Lipinski definition) is 2. The first-order chi connectivity index (χ1) is 10.3. The third-order valence-electron chi connectivity index (χ3n) is 3.97. The van der Waals surface area contributed by atoms with Crippen molar-refractivity contribution in [2.24, 2.45) is 5.73 Å². The highest BCUT2D eigenvalue weighted by Gasteiger charge is 2.51. The number of carbonyl (C=O) groups is 2. The molecule has 22 heavy (non-hydrogen) atoms. The van der Waals surface area contributed by atoms with Gasteiger partial charge in [-0.05, 0) is 12.0 Å². The summed E-state index contributed by atoms with van der Waals surface area (Å²) in [4.78, 5) is 24.6. The van der Waals surface area contributed by atoms with E-state index in [0.29, 0.717) is 23.5 Å². The van der Waals surface area contributed by atoms with Crippen molar-refractivity contribution in [2.45, 2.75) is 23.1 Å². The van der Waals surface area contributed by atoms with Crippen molar-refractivity contribution < 1.29 is 23.1 Å². The third-order valence-corrected chi connectivity index (χ3v) is 8.70. The Kier molecular flexibility index (Phi) is 4.21. The fourth-order valence-electron chi connectivity index (χ4n) is 2.80. The summed E-state index contributed by atoms with van der Waals surface area (Å²) in [5, 5.41) is 9.11. The zero-order valence-electron chi connectivity index (χ0n) is 11.6. The number of carboxylic acid groups (broad SMARTS) is 1. The monoisotopic (exact) mass is 364 g/mol. The predicted molar refractivity (Wildman–Crippen MR) is 85.2 cm³/mol. The minimum atomic E-state index is -2.94. The normalized spacial score (nSPS) is 33.6. The lowest BCUT2D eigenvalue weighted by molar-refractivity contribution is -0.147. The van der Waals surface area contributed by atoms with E-state index in [-0.39, 0.29) is 33.7 Å². The molecule has 3 N–H and O–H groups in total. The van der Waals surface area contributed by atoms with Gasteiger partial charge < -0.3 is 10.8 Å². The largest absolute Gasteiger partial charge is 0.477 e. The van der Waals surface area contributed by atoms with Crippen LogP contribution in [0.5, 0.6) is 0 Å². The number of β-lactam (4-membered cyclic amide) rings is 1. The fourth-order valence-corrected chi connectivity index (χ4v) is 7.88. The van der Waals surface area contributed by atoms with E-state index in [4.69, 9.17) is 5.73 Å². The average molecular weight is 364 g/mol. The molecule has 3 rings (SSSR count). The minimum absolute atomic E-state index is 0.00428. The van der Waals surface area contributed by atoms with Crippen molar-refractivity contribution in [1.82, 2.24) is 4.90 Å². The van der Waals surface area contributed by atoms with Crippen LogP contribution in [0.1, 0.15) is 6.42 Å². The van der Waals surface area contributed by atoms with E-state index in [9.17, 15) is 23.1 Å². The molecule has 122 valence electrons. The maximum absolute atomic E-state index is 11.8. The van der Waals surface area contributed by atoms with Crippen LogP contribution >= 0.6 is 23.5 Å². The van der Waals surface area contributed by atoms with Crippen molar-refractivity contribution >= 4 is 45.2 Å². The van der Waals surface area contributed by atoms with Gasteiger partial charge in [0.25, 0.3) is 0 Å². The summed E-state index contributed by atoms with van der Waals surface area (Å²) in [6.07, 6.45) is 0.603. The highest BCUT2D eigenvalue weighted by atomic mass is 32.2. The Morgan fingerprint density at radius 3 is 2.82 bits per heavy atom. The molecule has 0 aromatic carbocycles. The smallest absolute Gasteiger partial charge is 0.352 e. The van der Waals surface area contributed by atoms with Gasteiger partial charge in [-0.25, -0.2) is 13.2 Å². The predicted octanol–water partition coefficient (Wildman–Crippen LogP) is -0.512. The summed E-state index contributed by atoms with van der Waals surface area (Å²) in [5.74, 6) is -0.195. The second-order valence-corrected chi connectivity index (χ2v) is 10.2.